The molecule has 1 amide bonds. The minimum Gasteiger partial charge on any atom is -0.381 e. The van der Waals surface area contributed by atoms with Gasteiger partial charge in [-0.05, 0) is 51.2 Å². The minimum absolute atomic E-state index is 0.110. The molecule has 7 heteroatoms. The Morgan fingerprint density at radius 3 is 2.79 bits per heavy atom. The van der Waals surface area contributed by atoms with Crippen molar-refractivity contribution >= 4 is 39.3 Å². The zero-order valence-corrected chi connectivity index (χ0v) is 16.6. The molecule has 29 heavy (non-hydrogen) atoms. The lowest BCUT2D eigenvalue weighted by atomic mass is 10.1. The number of anilines is 1. The molecule has 1 aliphatic carbocycles. The van der Waals surface area contributed by atoms with Crippen LogP contribution in [-0.2, 0) is 0 Å². The van der Waals surface area contributed by atoms with Crippen LogP contribution in [0.5, 0.6) is 0 Å². The van der Waals surface area contributed by atoms with Crippen molar-refractivity contribution in [3.8, 4) is 0 Å². The zero-order chi connectivity index (χ0) is 20.0. The highest BCUT2D eigenvalue weighted by Gasteiger charge is 2.28. The van der Waals surface area contributed by atoms with E-state index in [1.165, 1.54) is 0 Å². The third kappa shape index (κ3) is 3.17. The number of hydrogen-bond acceptors (Lipinski definition) is 5. The highest BCUT2D eigenvalue weighted by atomic mass is 16.1. The number of imidazole rings is 1. The van der Waals surface area contributed by atoms with Crippen molar-refractivity contribution < 1.29 is 4.79 Å². The Hall–Kier alpha value is -3.19. The summed E-state index contributed by atoms with van der Waals surface area (Å²) in [5.41, 5.74) is 4.68. The number of hydrogen-bond donors (Lipinski definition) is 2. The highest BCUT2D eigenvalue weighted by molar-refractivity contribution is 6.13. The SMILES string of the molecule is CN(C)CCNC(=O)c1c(NC2CC2)c2cccnc2n2c1nc1ccccc12. The van der Waals surface area contributed by atoms with Crippen LogP contribution in [0.2, 0.25) is 0 Å². The van der Waals surface area contributed by atoms with E-state index in [9.17, 15) is 4.79 Å². The predicted molar refractivity (Wildman–Crippen MR) is 116 cm³/mol. The fourth-order valence-electron chi connectivity index (χ4n) is 3.70. The minimum atomic E-state index is -0.110. The molecule has 0 bridgehead atoms. The fraction of sp³-hybridized carbons (Fsp3) is 0.318. The standard InChI is InChI=1S/C22H24N6O/c1-27(2)13-12-24-22(29)18-19(25-14-9-10-14)15-6-5-11-23-20(15)28-17-8-4-3-7-16(17)26-21(18)28/h3-8,11,14,25H,9-10,12-13H2,1-2H3,(H,24,29). The Labute approximate surface area is 168 Å². The van der Waals surface area contributed by atoms with Crippen LogP contribution in [0.3, 0.4) is 0 Å². The Bertz CT molecular complexity index is 1220. The summed E-state index contributed by atoms with van der Waals surface area (Å²) in [6.07, 6.45) is 4.02. The molecule has 1 aliphatic rings. The van der Waals surface area contributed by atoms with Gasteiger partial charge >= 0.3 is 0 Å². The molecular weight excluding hydrogens is 364 g/mol. The predicted octanol–water partition coefficient (Wildman–Crippen LogP) is 2.90. The summed E-state index contributed by atoms with van der Waals surface area (Å²) in [5, 5.41) is 7.59. The lowest BCUT2D eigenvalue weighted by Gasteiger charge is -2.17. The molecule has 3 heterocycles. The van der Waals surface area contributed by atoms with Gasteiger partial charge in [-0.2, -0.15) is 0 Å². The van der Waals surface area contributed by atoms with Crippen LogP contribution in [0.25, 0.3) is 27.7 Å². The van der Waals surface area contributed by atoms with Gasteiger partial charge in [0.25, 0.3) is 5.91 Å². The number of amides is 1. The summed E-state index contributed by atoms with van der Waals surface area (Å²) in [4.78, 5) is 24.9. The van der Waals surface area contributed by atoms with Gasteiger partial charge in [-0.15, -0.1) is 0 Å². The summed E-state index contributed by atoms with van der Waals surface area (Å²) in [7, 11) is 3.99. The maximum absolute atomic E-state index is 13.3. The van der Waals surface area contributed by atoms with Gasteiger partial charge in [0.2, 0.25) is 0 Å². The van der Waals surface area contributed by atoms with Crippen molar-refractivity contribution in [2.24, 2.45) is 0 Å². The van der Waals surface area contributed by atoms with Crippen LogP contribution < -0.4 is 10.6 Å². The second kappa shape index (κ2) is 7.00. The molecule has 0 saturated heterocycles. The third-order valence-corrected chi connectivity index (χ3v) is 5.30. The van der Waals surface area contributed by atoms with E-state index in [2.05, 4.69) is 15.6 Å². The van der Waals surface area contributed by atoms with Gasteiger partial charge in [-0.3, -0.25) is 9.20 Å². The topological polar surface area (TPSA) is 74.6 Å². The summed E-state index contributed by atoms with van der Waals surface area (Å²) >= 11 is 0. The quantitative estimate of drug-likeness (QED) is 0.531. The van der Waals surface area contributed by atoms with E-state index in [1.54, 1.807) is 6.20 Å². The van der Waals surface area contributed by atoms with E-state index >= 15 is 0 Å². The lowest BCUT2D eigenvalue weighted by molar-refractivity contribution is 0.0953. The molecule has 0 atom stereocenters. The smallest absolute Gasteiger partial charge is 0.257 e. The monoisotopic (exact) mass is 388 g/mol. The average molecular weight is 388 g/mol. The highest BCUT2D eigenvalue weighted by Crippen LogP contribution is 2.36. The Morgan fingerprint density at radius 2 is 2.00 bits per heavy atom. The lowest BCUT2D eigenvalue weighted by Crippen LogP contribution is -2.32. The van der Waals surface area contributed by atoms with Crippen molar-refractivity contribution in [2.45, 2.75) is 18.9 Å². The number of carbonyl (C=O) groups excluding carboxylic acids is 1. The van der Waals surface area contributed by atoms with Crippen molar-refractivity contribution in [3.05, 3.63) is 48.2 Å². The molecule has 7 nitrogen and oxygen atoms in total. The largest absolute Gasteiger partial charge is 0.381 e. The number of nitrogens with zero attached hydrogens (tertiary/aromatic N) is 4. The van der Waals surface area contributed by atoms with Crippen molar-refractivity contribution in [2.75, 3.05) is 32.5 Å². The number of rotatable bonds is 6. The van der Waals surface area contributed by atoms with Crippen molar-refractivity contribution in [1.82, 2.24) is 24.6 Å². The molecule has 0 aliphatic heterocycles. The molecule has 0 unspecified atom stereocenters. The van der Waals surface area contributed by atoms with Gasteiger partial charge in [0.1, 0.15) is 11.2 Å². The third-order valence-electron chi connectivity index (χ3n) is 5.30. The first-order valence-electron chi connectivity index (χ1n) is 10.0. The summed E-state index contributed by atoms with van der Waals surface area (Å²) in [6, 6.07) is 12.3. The summed E-state index contributed by atoms with van der Waals surface area (Å²) < 4.78 is 2.00. The van der Waals surface area contributed by atoms with Gasteiger partial charge in [-0.1, -0.05) is 12.1 Å². The Morgan fingerprint density at radius 1 is 1.17 bits per heavy atom. The number of carbonyl (C=O) groups is 1. The maximum Gasteiger partial charge on any atom is 0.257 e. The normalized spacial score (nSPS) is 14.2. The summed E-state index contributed by atoms with van der Waals surface area (Å²) in [6.45, 7) is 1.35. The van der Waals surface area contributed by atoms with E-state index < -0.39 is 0 Å². The van der Waals surface area contributed by atoms with Crippen LogP contribution in [0, 0.1) is 0 Å². The van der Waals surface area contributed by atoms with E-state index in [0.29, 0.717) is 23.8 Å². The van der Waals surface area contributed by atoms with Crippen molar-refractivity contribution in [3.63, 3.8) is 0 Å². The van der Waals surface area contributed by atoms with E-state index in [4.69, 9.17) is 4.98 Å². The molecule has 148 valence electrons. The fourth-order valence-corrected chi connectivity index (χ4v) is 3.70. The molecular formula is C22H24N6O. The Balaban J connectivity index is 1.78. The van der Waals surface area contributed by atoms with E-state index in [1.807, 2.05) is 59.8 Å². The number of nitrogens with one attached hydrogen (secondary N) is 2. The second-order valence-corrected chi connectivity index (χ2v) is 7.86. The van der Waals surface area contributed by atoms with Gasteiger partial charge in [0, 0.05) is 30.7 Å². The number of benzene rings is 1. The number of fused-ring (bicyclic) bond motifs is 5. The van der Waals surface area contributed by atoms with Crippen molar-refractivity contribution in [1.29, 1.82) is 0 Å². The first-order chi connectivity index (χ1) is 14.1. The van der Waals surface area contributed by atoms with Crippen LogP contribution in [0.15, 0.2) is 42.6 Å². The second-order valence-electron chi connectivity index (χ2n) is 7.86. The Kier molecular flexibility index (Phi) is 4.32. The molecule has 0 spiro atoms. The molecule has 2 N–H and O–H groups in total. The van der Waals surface area contributed by atoms with Gasteiger partial charge in [0.05, 0.1) is 16.7 Å². The molecule has 0 radical (unpaired) electrons. The van der Waals surface area contributed by atoms with Gasteiger partial charge in [0.15, 0.2) is 5.65 Å². The van der Waals surface area contributed by atoms with E-state index in [-0.39, 0.29) is 5.91 Å². The number of para-hydroxylation sites is 2. The molecule has 4 aromatic rings. The number of aromatic nitrogens is 3. The average Bonchev–Trinajstić information content (AvgIpc) is 3.45. The molecule has 1 aromatic carbocycles. The molecule has 1 saturated carbocycles. The van der Waals surface area contributed by atoms with Crippen LogP contribution >= 0.6 is 0 Å². The molecule has 1 fully saturated rings. The first-order valence-corrected chi connectivity index (χ1v) is 10.0. The maximum atomic E-state index is 13.3. The first kappa shape index (κ1) is 17.9. The molecule has 5 rings (SSSR count). The van der Waals surface area contributed by atoms with Gasteiger partial charge in [-0.25, -0.2) is 9.97 Å². The van der Waals surface area contributed by atoms with E-state index in [0.717, 1.165) is 47.1 Å². The number of pyridine rings is 2. The van der Waals surface area contributed by atoms with Crippen LogP contribution in [-0.4, -0.2) is 58.4 Å². The zero-order valence-electron chi connectivity index (χ0n) is 16.6. The van der Waals surface area contributed by atoms with Crippen LogP contribution in [0.4, 0.5) is 5.69 Å². The van der Waals surface area contributed by atoms with Crippen LogP contribution in [0.1, 0.15) is 23.2 Å². The summed E-state index contributed by atoms with van der Waals surface area (Å²) in [5.74, 6) is -0.110. The van der Waals surface area contributed by atoms with Gasteiger partial charge < -0.3 is 15.5 Å². The number of likely N-dealkylation sites (N-methyl/N-ethyl adjacent to an activating group) is 1. The molecule has 3 aromatic heterocycles.